The van der Waals surface area contributed by atoms with Crippen molar-refractivity contribution < 1.29 is 38.1 Å². The number of carboxylic acids is 2. The summed E-state index contributed by atoms with van der Waals surface area (Å²) in [5.74, 6) is -4.14. The molecule has 0 saturated carbocycles. The summed E-state index contributed by atoms with van der Waals surface area (Å²) in [6.07, 6.45) is 0.307. The van der Waals surface area contributed by atoms with Crippen molar-refractivity contribution in [2.24, 2.45) is 0 Å². The molecule has 0 aliphatic carbocycles. The molecular weight excluding hydrogens is 436 g/mol. The predicted molar refractivity (Wildman–Crippen MR) is 108 cm³/mol. The molecule has 1 heterocycles. The lowest BCUT2D eigenvalue weighted by Gasteiger charge is -2.31. The lowest BCUT2D eigenvalue weighted by atomic mass is 10.0. The van der Waals surface area contributed by atoms with Crippen molar-refractivity contribution in [2.45, 2.75) is 12.2 Å². The van der Waals surface area contributed by atoms with Gasteiger partial charge in [0.25, 0.3) is 0 Å². The molecule has 2 atom stereocenters. The SMILES string of the molecule is Fc1cc(F)c(Cl)c(O[C@@H](c2ccccc2)[C@@H]2CNCCO2)c1.O=C(O)C=CC(=O)O. The van der Waals surface area contributed by atoms with Crippen molar-refractivity contribution in [2.75, 3.05) is 19.7 Å². The fourth-order valence-electron chi connectivity index (χ4n) is 2.68. The van der Waals surface area contributed by atoms with Gasteiger partial charge in [-0.2, -0.15) is 0 Å². The monoisotopic (exact) mass is 455 g/mol. The Morgan fingerprint density at radius 2 is 1.81 bits per heavy atom. The molecule has 3 rings (SSSR count). The summed E-state index contributed by atoms with van der Waals surface area (Å²) in [6, 6.07) is 11.2. The van der Waals surface area contributed by atoms with Crippen LogP contribution in [0, 0.1) is 11.6 Å². The molecule has 1 aliphatic rings. The molecule has 31 heavy (non-hydrogen) atoms. The first kappa shape index (κ1) is 24.3. The van der Waals surface area contributed by atoms with Crippen LogP contribution in [0.3, 0.4) is 0 Å². The van der Waals surface area contributed by atoms with Crippen LogP contribution in [0.15, 0.2) is 54.6 Å². The van der Waals surface area contributed by atoms with Gasteiger partial charge in [-0.1, -0.05) is 41.9 Å². The van der Waals surface area contributed by atoms with Crippen LogP contribution in [-0.2, 0) is 14.3 Å². The van der Waals surface area contributed by atoms with Gasteiger partial charge in [-0.3, -0.25) is 0 Å². The first-order valence-corrected chi connectivity index (χ1v) is 9.48. The summed E-state index contributed by atoms with van der Waals surface area (Å²) in [5.41, 5.74) is 0.849. The smallest absolute Gasteiger partial charge is 0.328 e. The molecule has 10 heteroatoms. The molecule has 0 unspecified atom stereocenters. The van der Waals surface area contributed by atoms with Crippen LogP contribution in [0.1, 0.15) is 11.7 Å². The predicted octanol–water partition coefficient (Wildman–Crippen LogP) is 3.44. The minimum absolute atomic E-state index is 0.0350. The molecule has 0 spiro atoms. The molecule has 2 aromatic carbocycles. The maximum Gasteiger partial charge on any atom is 0.328 e. The number of halogens is 3. The van der Waals surface area contributed by atoms with E-state index in [1.54, 1.807) is 0 Å². The van der Waals surface area contributed by atoms with E-state index < -0.39 is 29.7 Å². The highest BCUT2D eigenvalue weighted by atomic mass is 35.5. The molecule has 0 amide bonds. The lowest BCUT2D eigenvalue weighted by molar-refractivity contribution is -0.134. The minimum Gasteiger partial charge on any atom is -0.481 e. The highest BCUT2D eigenvalue weighted by molar-refractivity contribution is 6.32. The maximum atomic E-state index is 13.6. The number of morpholine rings is 1. The van der Waals surface area contributed by atoms with Crippen LogP contribution in [-0.4, -0.2) is 48.0 Å². The zero-order valence-electron chi connectivity index (χ0n) is 16.1. The Bertz CT molecular complexity index is 904. The van der Waals surface area contributed by atoms with Crippen LogP contribution >= 0.6 is 11.6 Å². The molecule has 0 radical (unpaired) electrons. The van der Waals surface area contributed by atoms with E-state index in [-0.39, 0.29) is 16.9 Å². The molecule has 1 saturated heterocycles. The van der Waals surface area contributed by atoms with Crippen molar-refractivity contribution in [3.63, 3.8) is 0 Å². The van der Waals surface area contributed by atoms with E-state index in [2.05, 4.69) is 5.32 Å². The number of benzene rings is 2. The third-order valence-electron chi connectivity index (χ3n) is 4.00. The molecule has 0 bridgehead atoms. The van der Waals surface area contributed by atoms with Crippen molar-refractivity contribution in [1.29, 1.82) is 0 Å². The van der Waals surface area contributed by atoms with Gasteiger partial charge in [-0.15, -0.1) is 0 Å². The Kier molecular flexibility index (Phi) is 9.39. The van der Waals surface area contributed by atoms with Gasteiger partial charge in [0.2, 0.25) is 0 Å². The van der Waals surface area contributed by atoms with E-state index >= 15 is 0 Å². The molecule has 2 aromatic rings. The van der Waals surface area contributed by atoms with Gasteiger partial charge >= 0.3 is 11.9 Å². The summed E-state index contributed by atoms with van der Waals surface area (Å²) in [7, 11) is 0. The number of aliphatic carboxylic acids is 2. The van der Waals surface area contributed by atoms with Crippen LogP contribution in [0.25, 0.3) is 0 Å². The Hall–Kier alpha value is -3.01. The molecule has 7 nitrogen and oxygen atoms in total. The number of nitrogens with one attached hydrogen (secondary N) is 1. The summed E-state index contributed by atoms with van der Waals surface area (Å²) >= 11 is 5.91. The Labute approximate surface area is 181 Å². The molecule has 0 aromatic heterocycles. The summed E-state index contributed by atoms with van der Waals surface area (Å²) in [5, 5.41) is 18.6. The van der Waals surface area contributed by atoms with Crippen molar-refractivity contribution in [1.82, 2.24) is 5.32 Å². The van der Waals surface area contributed by atoms with Gasteiger partial charge in [0.05, 0.1) is 6.61 Å². The highest BCUT2D eigenvalue weighted by Crippen LogP contribution is 2.34. The second-order valence-electron chi connectivity index (χ2n) is 6.27. The molecule has 166 valence electrons. The molecule has 1 aliphatic heterocycles. The quantitative estimate of drug-likeness (QED) is 0.452. The van der Waals surface area contributed by atoms with E-state index in [9.17, 15) is 18.4 Å². The number of hydrogen-bond donors (Lipinski definition) is 3. The number of carboxylic acid groups (broad SMARTS) is 2. The fourth-order valence-corrected chi connectivity index (χ4v) is 2.83. The van der Waals surface area contributed by atoms with Gasteiger partial charge in [0.15, 0.2) is 6.10 Å². The van der Waals surface area contributed by atoms with Crippen LogP contribution < -0.4 is 10.1 Å². The van der Waals surface area contributed by atoms with Crippen LogP contribution in [0.4, 0.5) is 8.78 Å². The standard InChI is InChI=1S/C17H16ClF2NO2.C4H4O4/c18-16-13(20)8-12(19)9-14(16)23-17(11-4-2-1-3-5-11)15-10-21-6-7-22-15;5-3(6)1-2-4(7)8/h1-5,8-9,15,17,21H,6-7,10H2;1-2H,(H,5,6)(H,7,8)/t15-,17-;/m0./s1. The first-order valence-electron chi connectivity index (χ1n) is 9.10. The maximum absolute atomic E-state index is 13.6. The zero-order chi connectivity index (χ0) is 22.8. The molecular formula is C21H20ClF2NO6. The van der Waals surface area contributed by atoms with Crippen molar-refractivity contribution >= 4 is 23.5 Å². The Morgan fingerprint density at radius 1 is 1.16 bits per heavy atom. The van der Waals surface area contributed by atoms with Gasteiger partial charge in [-0.05, 0) is 5.56 Å². The highest BCUT2D eigenvalue weighted by Gasteiger charge is 2.29. The Balaban J connectivity index is 0.000000366. The van der Waals surface area contributed by atoms with E-state index in [0.717, 1.165) is 24.2 Å². The van der Waals surface area contributed by atoms with E-state index in [4.69, 9.17) is 31.3 Å². The second kappa shape index (κ2) is 12.0. The normalized spacial score (nSPS) is 16.8. The van der Waals surface area contributed by atoms with Crippen molar-refractivity contribution in [3.05, 3.63) is 76.8 Å². The van der Waals surface area contributed by atoms with Crippen molar-refractivity contribution in [3.8, 4) is 5.75 Å². The summed E-state index contributed by atoms with van der Waals surface area (Å²) in [6.45, 7) is 1.88. The van der Waals surface area contributed by atoms with Crippen LogP contribution in [0.5, 0.6) is 5.75 Å². The fraction of sp³-hybridized carbons (Fsp3) is 0.238. The number of ether oxygens (including phenoxy) is 2. The zero-order valence-corrected chi connectivity index (χ0v) is 16.9. The van der Waals surface area contributed by atoms with Crippen LogP contribution in [0.2, 0.25) is 5.02 Å². The number of hydrogen-bond acceptors (Lipinski definition) is 5. The van der Waals surface area contributed by atoms with E-state index in [1.165, 1.54) is 0 Å². The average molecular weight is 456 g/mol. The van der Waals surface area contributed by atoms with E-state index in [1.807, 2.05) is 30.3 Å². The number of rotatable bonds is 6. The van der Waals surface area contributed by atoms with Gasteiger partial charge < -0.3 is 25.0 Å². The third-order valence-corrected chi connectivity index (χ3v) is 4.37. The van der Waals surface area contributed by atoms with Gasteiger partial charge in [0, 0.05) is 37.4 Å². The first-order chi connectivity index (χ1) is 14.8. The minimum atomic E-state index is -1.26. The number of carbonyl (C=O) groups is 2. The summed E-state index contributed by atoms with van der Waals surface area (Å²) in [4.78, 5) is 19.1. The van der Waals surface area contributed by atoms with Gasteiger partial charge in [0.1, 0.15) is 28.5 Å². The van der Waals surface area contributed by atoms with Gasteiger partial charge in [-0.25, -0.2) is 18.4 Å². The molecule has 1 fully saturated rings. The third kappa shape index (κ3) is 7.97. The largest absolute Gasteiger partial charge is 0.481 e. The summed E-state index contributed by atoms with van der Waals surface area (Å²) < 4.78 is 38.7. The topological polar surface area (TPSA) is 105 Å². The lowest BCUT2D eigenvalue weighted by Crippen LogP contribution is -2.43. The van der Waals surface area contributed by atoms with E-state index in [0.29, 0.717) is 25.3 Å². The Morgan fingerprint density at radius 3 is 2.35 bits per heavy atom. The second-order valence-corrected chi connectivity index (χ2v) is 6.65. The average Bonchev–Trinajstić information content (AvgIpc) is 2.75. The molecule has 3 N–H and O–H groups in total.